The van der Waals surface area contributed by atoms with Crippen molar-refractivity contribution in [3.8, 4) is 0 Å². The molecule has 1 aliphatic rings. The summed E-state index contributed by atoms with van der Waals surface area (Å²) in [5.41, 5.74) is 0.123. The van der Waals surface area contributed by atoms with Gasteiger partial charge in [-0.25, -0.2) is 4.39 Å². The number of carbonyl (C=O) groups is 2. The average Bonchev–Trinajstić information content (AvgIpc) is 3.26. The van der Waals surface area contributed by atoms with Crippen LogP contribution in [0.3, 0.4) is 0 Å². The first-order valence-electron chi connectivity index (χ1n) is 7.12. The highest BCUT2D eigenvalue weighted by Gasteiger charge is 2.34. The summed E-state index contributed by atoms with van der Waals surface area (Å²) in [6, 6.07) is 4.02. The van der Waals surface area contributed by atoms with Gasteiger partial charge >= 0.3 is 5.97 Å². The highest BCUT2D eigenvalue weighted by atomic mass is 79.9. The van der Waals surface area contributed by atoms with Crippen LogP contribution >= 0.6 is 15.9 Å². The lowest BCUT2D eigenvalue weighted by molar-refractivity contribution is -0.143. The summed E-state index contributed by atoms with van der Waals surface area (Å²) >= 11 is 3.15. The summed E-state index contributed by atoms with van der Waals surface area (Å²) in [6.45, 7) is 1.97. The number of benzene rings is 1. The molecule has 2 N–H and O–H groups in total. The van der Waals surface area contributed by atoms with E-state index in [1.807, 2.05) is 4.90 Å². The lowest BCUT2D eigenvalue weighted by Crippen LogP contribution is -2.42. The lowest BCUT2D eigenvalue weighted by Gasteiger charge is -2.25. The first-order valence-corrected chi connectivity index (χ1v) is 7.91. The molecule has 120 valence electrons. The van der Waals surface area contributed by atoms with Crippen molar-refractivity contribution in [2.75, 3.05) is 11.9 Å². The zero-order chi connectivity index (χ0) is 16.3. The van der Waals surface area contributed by atoms with Gasteiger partial charge in [-0.15, -0.1) is 0 Å². The third-order valence-electron chi connectivity index (χ3n) is 3.67. The minimum atomic E-state index is -0.897. The number of carboxylic acids is 1. The normalized spacial score (nSPS) is 15.6. The molecule has 1 unspecified atom stereocenters. The molecule has 0 radical (unpaired) electrons. The summed E-state index contributed by atoms with van der Waals surface area (Å²) in [5, 5.41) is 11.6. The van der Waals surface area contributed by atoms with Gasteiger partial charge in [-0.1, -0.05) is 15.9 Å². The van der Waals surface area contributed by atoms with Crippen molar-refractivity contribution in [2.24, 2.45) is 0 Å². The Bertz CT molecular complexity index is 578. The first-order chi connectivity index (χ1) is 10.4. The molecule has 0 spiro atoms. The Morgan fingerprint density at radius 2 is 2.18 bits per heavy atom. The van der Waals surface area contributed by atoms with Crippen molar-refractivity contribution in [1.82, 2.24) is 4.90 Å². The predicted molar refractivity (Wildman–Crippen MR) is 84.2 cm³/mol. The Balaban J connectivity index is 1.89. The minimum absolute atomic E-state index is 0.123. The van der Waals surface area contributed by atoms with Crippen LogP contribution in [-0.2, 0) is 9.59 Å². The van der Waals surface area contributed by atoms with Gasteiger partial charge in [0.2, 0.25) is 5.91 Å². The highest BCUT2D eigenvalue weighted by Crippen LogP contribution is 2.29. The van der Waals surface area contributed by atoms with Gasteiger partial charge in [-0.05, 0) is 38.0 Å². The monoisotopic (exact) mass is 372 g/mol. The summed E-state index contributed by atoms with van der Waals surface area (Å²) in [7, 11) is 0. The van der Waals surface area contributed by atoms with E-state index < -0.39 is 17.8 Å². The average molecular weight is 373 g/mol. The summed E-state index contributed by atoms with van der Waals surface area (Å²) < 4.78 is 14.2. The fraction of sp³-hybridized carbons (Fsp3) is 0.467. The second kappa shape index (κ2) is 7.19. The Kier molecular flexibility index (Phi) is 5.52. The lowest BCUT2D eigenvalue weighted by atomic mass is 10.2. The van der Waals surface area contributed by atoms with E-state index in [9.17, 15) is 14.0 Å². The SMILES string of the molecule is CC(C(=O)O)N(CCC(=O)Nc1ccc(Br)cc1F)C1CC1. The molecule has 1 atom stereocenters. The smallest absolute Gasteiger partial charge is 0.320 e. The molecule has 5 nitrogen and oxygen atoms in total. The van der Waals surface area contributed by atoms with E-state index in [0.29, 0.717) is 11.0 Å². The number of hydrogen-bond acceptors (Lipinski definition) is 3. The van der Waals surface area contributed by atoms with Gasteiger partial charge in [-0.2, -0.15) is 0 Å². The maximum atomic E-state index is 13.6. The maximum Gasteiger partial charge on any atom is 0.320 e. The first kappa shape index (κ1) is 16.9. The number of rotatable bonds is 7. The number of amides is 1. The molecular formula is C15H18BrFN2O3. The molecule has 1 aromatic rings. The fourth-order valence-corrected chi connectivity index (χ4v) is 2.61. The third kappa shape index (κ3) is 4.51. The molecule has 1 fully saturated rings. The van der Waals surface area contributed by atoms with Crippen LogP contribution in [0, 0.1) is 5.82 Å². The Morgan fingerprint density at radius 3 is 2.73 bits per heavy atom. The van der Waals surface area contributed by atoms with Crippen LogP contribution < -0.4 is 5.32 Å². The van der Waals surface area contributed by atoms with E-state index in [0.717, 1.165) is 12.8 Å². The number of carbonyl (C=O) groups excluding carboxylic acids is 1. The fourth-order valence-electron chi connectivity index (χ4n) is 2.27. The highest BCUT2D eigenvalue weighted by molar-refractivity contribution is 9.10. The molecule has 1 amide bonds. The molecule has 0 saturated heterocycles. The van der Waals surface area contributed by atoms with Crippen LogP contribution in [0.2, 0.25) is 0 Å². The van der Waals surface area contributed by atoms with E-state index >= 15 is 0 Å². The number of carboxylic acid groups (broad SMARTS) is 1. The van der Waals surface area contributed by atoms with Crippen LogP contribution in [0.25, 0.3) is 0 Å². The Morgan fingerprint density at radius 1 is 1.50 bits per heavy atom. The van der Waals surface area contributed by atoms with Crippen molar-refractivity contribution < 1.29 is 19.1 Å². The van der Waals surface area contributed by atoms with Gasteiger partial charge in [0.05, 0.1) is 5.69 Å². The summed E-state index contributed by atoms with van der Waals surface area (Å²) in [5.74, 6) is -1.74. The standard InChI is InChI=1S/C15H18BrFN2O3/c1-9(15(21)22)19(11-3-4-11)7-6-14(20)18-13-5-2-10(16)8-12(13)17/h2,5,8-9,11H,3-4,6-7H2,1H3,(H,18,20)(H,21,22). The summed E-state index contributed by atoms with van der Waals surface area (Å²) in [4.78, 5) is 24.8. The van der Waals surface area contributed by atoms with E-state index in [4.69, 9.17) is 5.11 Å². The van der Waals surface area contributed by atoms with Crippen molar-refractivity contribution >= 4 is 33.5 Å². The molecule has 22 heavy (non-hydrogen) atoms. The van der Waals surface area contributed by atoms with Gasteiger partial charge < -0.3 is 10.4 Å². The van der Waals surface area contributed by atoms with Crippen LogP contribution in [0.5, 0.6) is 0 Å². The van der Waals surface area contributed by atoms with Gasteiger partial charge in [0.25, 0.3) is 0 Å². The zero-order valence-corrected chi connectivity index (χ0v) is 13.8. The number of anilines is 1. The number of aliphatic carboxylic acids is 1. The van der Waals surface area contributed by atoms with Gasteiger partial charge in [0, 0.05) is 23.5 Å². The third-order valence-corrected chi connectivity index (χ3v) is 4.17. The Labute approximate surface area is 136 Å². The predicted octanol–water partition coefficient (Wildman–Crippen LogP) is 2.85. The topological polar surface area (TPSA) is 69.6 Å². The van der Waals surface area contributed by atoms with Crippen LogP contribution in [0.15, 0.2) is 22.7 Å². The Hall–Kier alpha value is -1.47. The number of nitrogens with one attached hydrogen (secondary N) is 1. The zero-order valence-electron chi connectivity index (χ0n) is 12.2. The number of nitrogens with zero attached hydrogens (tertiary/aromatic N) is 1. The minimum Gasteiger partial charge on any atom is -0.480 e. The molecule has 0 heterocycles. The van der Waals surface area contributed by atoms with E-state index in [2.05, 4.69) is 21.2 Å². The van der Waals surface area contributed by atoms with Crippen LogP contribution in [0.1, 0.15) is 26.2 Å². The molecule has 1 aromatic carbocycles. The number of halogens is 2. The molecular weight excluding hydrogens is 355 g/mol. The maximum absolute atomic E-state index is 13.6. The summed E-state index contributed by atoms with van der Waals surface area (Å²) in [6.07, 6.45) is 2.05. The molecule has 0 bridgehead atoms. The molecule has 0 aliphatic heterocycles. The van der Waals surface area contributed by atoms with Crippen LogP contribution in [-0.4, -0.2) is 40.5 Å². The number of hydrogen-bond donors (Lipinski definition) is 2. The molecule has 2 rings (SSSR count). The van der Waals surface area contributed by atoms with E-state index in [-0.39, 0.29) is 24.1 Å². The molecule has 7 heteroatoms. The second-order valence-corrected chi connectivity index (χ2v) is 6.32. The van der Waals surface area contributed by atoms with Gasteiger partial charge in [0.15, 0.2) is 0 Å². The molecule has 1 aliphatic carbocycles. The van der Waals surface area contributed by atoms with E-state index in [1.54, 1.807) is 13.0 Å². The van der Waals surface area contributed by atoms with Crippen molar-refractivity contribution in [1.29, 1.82) is 0 Å². The second-order valence-electron chi connectivity index (χ2n) is 5.41. The van der Waals surface area contributed by atoms with Crippen molar-refractivity contribution in [3.63, 3.8) is 0 Å². The quantitative estimate of drug-likeness (QED) is 0.771. The largest absolute Gasteiger partial charge is 0.480 e. The van der Waals surface area contributed by atoms with Gasteiger partial charge in [0.1, 0.15) is 11.9 Å². The van der Waals surface area contributed by atoms with Gasteiger partial charge in [-0.3, -0.25) is 14.5 Å². The van der Waals surface area contributed by atoms with Crippen molar-refractivity contribution in [2.45, 2.75) is 38.3 Å². The molecule has 0 aromatic heterocycles. The van der Waals surface area contributed by atoms with E-state index in [1.165, 1.54) is 12.1 Å². The van der Waals surface area contributed by atoms with Crippen LogP contribution in [0.4, 0.5) is 10.1 Å². The molecule has 1 saturated carbocycles. The van der Waals surface area contributed by atoms with Crippen molar-refractivity contribution in [3.05, 3.63) is 28.5 Å².